The van der Waals surface area contributed by atoms with Crippen molar-refractivity contribution < 1.29 is 0 Å². The van der Waals surface area contributed by atoms with E-state index in [0.29, 0.717) is 0 Å². The van der Waals surface area contributed by atoms with Gasteiger partial charge in [0.15, 0.2) is 10.8 Å². The zero-order chi connectivity index (χ0) is 14.8. The van der Waals surface area contributed by atoms with Gasteiger partial charge >= 0.3 is 0 Å². The molecule has 0 aliphatic rings. The molecule has 2 aromatic heterocycles. The molecule has 0 amide bonds. The van der Waals surface area contributed by atoms with Crippen molar-refractivity contribution in [1.29, 1.82) is 0 Å². The number of fused-ring (bicyclic) bond motifs is 1. The lowest BCUT2D eigenvalue weighted by atomic mass is 10.1. The number of hydrogen-bond donors (Lipinski definition) is 1. The van der Waals surface area contributed by atoms with Gasteiger partial charge in [0.1, 0.15) is 5.82 Å². The predicted octanol–water partition coefficient (Wildman–Crippen LogP) is 3.26. The lowest BCUT2D eigenvalue weighted by molar-refractivity contribution is 0.777. The Morgan fingerprint density at radius 2 is 1.95 bits per heavy atom. The van der Waals surface area contributed by atoms with Gasteiger partial charge in [-0.15, -0.1) is 0 Å². The Labute approximate surface area is 127 Å². The highest BCUT2D eigenvalue weighted by Crippen LogP contribution is 2.26. The minimum absolute atomic E-state index is 0.166. The summed E-state index contributed by atoms with van der Waals surface area (Å²) in [5, 5.41) is 9.44. The second-order valence-electron chi connectivity index (χ2n) is 4.84. The van der Waals surface area contributed by atoms with E-state index in [1.165, 1.54) is 17.3 Å². The van der Waals surface area contributed by atoms with Crippen molar-refractivity contribution in [2.45, 2.75) is 18.1 Å². The molecule has 21 heavy (non-hydrogen) atoms. The van der Waals surface area contributed by atoms with Crippen LogP contribution in [0.1, 0.15) is 18.5 Å². The molecule has 0 saturated heterocycles. The van der Waals surface area contributed by atoms with Crippen LogP contribution in [0, 0.1) is 0 Å². The van der Waals surface area contributed by atoms with Crippen molar-refractivity contribution in [3.8, 4) is 0 Å². The Hall–Kier alpha value is -2.08. The van der Waals surface area contributed by atoms with Crippen LogP contribution >= 0.6 is 11.8 Å². The molecular weight excluding hydrogens is 282 g/mol. The molecule has 0 radical (unpaired) electrons. The summed E-state index contributed by atoms with van der Waals surface area (Å²) in [5.74, 6) is 0.828. The first-order chi connectivity index (χ1) is 10.2. The van der Waals surface area contributed by atoms with Crippen molar-refractivity contribution in [2.75, 3.05) is 11.6 Å². The number of rotatable bonds is 4. The van der Waals surface area contributed by atoms with E-state index in [1.807, 2.05) is 31.5 Å². The van der Waals surface area contributed by atoms with Crippen LogP contribution in [0.2, 0.25) is 0 Å². The van der Waals surface area contributed by atoms with Gasteiger partial charge in [0.25, 0.3) is 0 Å². The average Bonchev–Trinajstić information content (AvgIpc) is 2.89. The highest BCUT2D eigenvalue weighted by atomic mass is 32.2. The predicted molar refractivity (Wildman–Crippen MR) is 86.6 cm³/mol. The second-order valence-corrected chi connectivity index (χ2v) is 5.61. The molecule has 0 fully saturated rings. The normalized spacial score (nSPS) is 12.5. The summed E-state index contributed by atoms with van der Waals surface area (Å²) in [6.45, 7) is 2.12. The minimum Gasteiger partial charge on any atom is -0.363 e. The van der Waals surface area contributed by atoms with Crippen LogP contribution in [0.4, 0.5) is 5.82 Å². The molecule has 1 unspecified atom stereocenters. The van der Waals surface area contributed by atoms with Gasteiger partial charge in [-0.25, -0.2) is 9.97 Å². The van der Waals surface area contributed by atoms with Gasteiger partial charge in [0, 0.05) is 13.1 Å². The zero-order valence-corrected chi connectivity index (χ0v) is 13.1. The molecule has 3 aromatic rings. The largest absolute Gasteiger partial charge is 0.363 e. The van der Waals surface area contributed by atoms with Crippen molar-refractivity contribution >= 4 is 28.6 Å². The van der Waals surface area contributed by atoms with E-state index < -0.39 is 0 Å². The number of nitrogens with one attached hydrogen (secondary N) is 1. The van der Waals surface area contributed by atoms with E-state index in [9.17, 15) is 0 Å². The summed E-state index contributed by atoms with van der Waals surface area (Å²) >= 11 is 1.53. The number of anilines is 1. The molecule has 0 aliphatic heterocycles. The van der Waals surface area contributed by atoms with Gasteiger partial charge in [0.05, 0.1) is 11.6 Å². The summed E-state index contributed by atoms with van der Waals surface area (Å²) in [6, 6.07) is 10.5. The molecule has 1 N–H and O–H groups in total. The van der Waals surface area contributed by atoms with Crippen molar-refractivity contribution in [2.24, 2.45) is 7.05 Å². The fraction of sp³-hybridized carbons (Fsp3) is 0.267. The first-order valence-corrected chi connectivity index (χ1v) is 7.96. The van der Waals surface area contributed by atoms with Crippen LogP contribution in [0.3, 0.4) is 0 Å². The van der Waals surface area contributed by atoms with E-state index in [4.69, 9.17) is 0 Å². The molecule has 0 bridgehead atoms. The van der Waals surface area contributed by atoms with Gasteiger partial charge in [-0.3, -0.25) is 4.68 Å². The molecule has 3 rings (SSSR count). The maximum Gasteiger partial charge on any atom is 0.191 e. The third-order valence-electron chi connectivity index (χ3n) is 3.41. The van der Waals surface area contributed by atoms with Crippen LogP contribution < -0.4 is 5.32 Å². The maximum atomic E-state index is 4.59. The number of thioether (sulfide) groups is 1. The third-order valence-corrected chi connectivity index (χ3v) is 3.95. The molecule has 0 aliphatic carbocycles. The summed E-state index contributed by atoms with van der Waals surface area (Å²) in [4.78, 5) is 9.09. The molecule has 5 nitrogen and oxygen atoms in total. The SMILES string of the molecule is CSc1nc(NC(C)c2ccccc2)c2cnn(C)c2n1. The quantitative estimate of drug-likeness (QED) is 0.592. The van der Waals surface area contributed by atoms with Gasteiger partial charge in [0.2, 0.25) is 0 Å². The molecule has 1 aromatic carbocycles. The van der Waals surface area contributed by atoms with Gasteiger partial charge < -0.3 is 5.32 Å². The smallest absolute Gasteiger partial charge is 0.191 e. The highest BCUT2D eigenvalue weighted by molar-refractivity contribution is 7.98. The number of aromatic nitrogens is 4. The van der Waals surface area contributed by atoms with E-state index >= 15 is 0 Å². The molecular formula is C15H17N5S. The summed E-state index contributed by atoms with van der Waals surface area (Å²) < 4.78 is 1.77. The highest BCUT2D eigenvalue weighted by Gasteiger charge is 2.13. The van der Waals surface area contributed by atoms with Crippen LogP contribution in [0.5, 0.6) is 0 Å². The van der Waals surface area contributed by atoms with Crippen LogP contribution in [0.25, 0.3) is 11.0 Å². The van der Waals surface area contributed by atoms with E-state index in [2.05, 4.69) is 39.4 Å². The van der Waals surface area contributed by atoms with Crippen molar-refractivity contribution in [1.82, 2.24) is 19.7 Å². The second kappa shape index (κ2) is 5.73. The zero-order valence-electron chi connectivity index (χ0n) is 12.2. The van der Waals surface area contributed by atoms with Gasteiger partial charge in [-0.1, -0.05) is 42.1 Å². The maximum absolute atomic E-state index is 4.59. The van der Waals surface area contributed by atoms with Crippen LogP contribution in [-0.4, -0.2) is 26.0 Å². The molecule has 2 heterocycles. The number of hydrogen-bond acceptors (Lipinski definition) is 5. The first kappa shape index (κ1) is 13.9. The fourth-order valence-corrected chi connectivity index (χ4v) is 2.59. The van der Waals surface area contributed by atoms with Gasteiger partial charge in [-0.05, 0) is 18.7 Å². The Balaban J connectivity index is 2.00. The summed E-state index contributed by atoms with van der Waals surface area (Å²) in [5.41, 5.74) is 2.07. The molecule has 0 spiro atoms. The Kier molecular flexibility index (Phi) is 3.79. The molecule has 108 valence electrons. The monoisotopic (exact) mass is 299 g/mol. The Morgan fingerprint density at radius 3 is 2.67 bits per heavy atom. The van der Waals surface area contributed by atoms with Crippen LogP contribution in [0.15, 0.2) is 41.7 Å². The Morgan fingerprint density at radius 1 is 1.19 bits per heavy atom. The summed E-state index contributed by atoms with van der Waals surface area (Å²) in [7, 11) is 1.89. The summed E-state index contributed by atoms with van der Waals surface area (Å²) in [6.07, 6.45) is 3.78. The van der Waals surface area contributed by atoms with Crippen molar-refractivity contribution in [3.05, 3.63) is 42.1 Å². The third kappa shape index (κ3) is 2.71. The lowest BCUT2D eigenvalue weighted by Gasteiger charge is -2.15. The van der Waals surface area contributed by atoms with Crippen molar-refractivity contribution in [3.63, 3.8) is 0 Å². The first-order valence-electron chi connectivity index (χ1n) is 6.74. The van der Waals surface area contributed by atoms with E-state index in [-0.39, 0.29) is 6.04 Å². The van der Waals surface area contributed by atoms with E-state index in [1.54, 1.807) is 10.9 Å². The minimum atomic E-state index is 0.166. The average molecular weight is 299 g/mol. The topological polar surface area (TPSA) is 55.6 Å². The fourth-order valence-electron chi connectivity index (χ4n) is 2.23. The molecule has 1 atom stereocenters. The van der Waals surface area contributed by atoms with Gasteiger partial charge in [-0.2, -0.15) is 5.10 Å². The van der Waals surface area contributed by atoms with E-state index in [0.717, 1.165) is 22.0 Å². The number of nitrogens with zero attached hydrogens (tertiary/aromatic N) is 4. The lowest BCUT2D eigenvalue weighted by Crippen LogP contribution is -2.09. The molecule has 0 saturated carbocycles. The number of benzene rings is 1. The Bertz CT molecular complexity index is 753. The number of aryl methyl sites for hydroxylation is 1. The molecule has 6 heteroatoms. The van der Waals surface area contributed by atoms with Crippen LogP contribution in [-0.2, 0) is 7.05 Å². The standard InChI is InChI=1S/C15H17N5S/c1-10(11-7-5-4-6-8-11)17-13-12-9-16-20(2)14(12)19-15(18-13)21-3/h4-10H,1-3H3,(H,17,18,19).